The van der Waals surface area contributed by atoms with E-state index >= 15 is 0 Å². The van der Waals surface area contributed by atoms with Crippen molar-refractivity contribution in [3.05, 3.63) is 0 Å². The molecule has 0 saturated carbocycles. The highest BCUT2D eigenvalue weighted by Gasteiger charge is 2.29. The summed E-state index contributed by atoms with van der Waals surface area (Å²) in [5.41, 5.74) is 0. The molecule has 1 saturated heterocycles. The van der Waals surface area contributed by atoms with Gasteiger partial charge in [0.05, 0.1) is 0 Å². The predicted octanol–water partition coefficient (Wildman–Crippen LogP) is 1.83. The zero-order chi connectivity index (χ0) is 8.48. The maximum atomic E-state index is 11.4. The Hall–Kier alpha value is -0.313. The number of amides is 1. The maximum Gasteiger partial charge on any atom is 0.214 e. The molecule has 0 N–H and O–H groups in total. The van der Waals surface area contributed by atoms with E-state index in [1.807, 2.05) is 0 Å². The largest absolute Gasteiger partial charge is 0.370 e. The van der Waals surface area contributed by atoms with Gasteiger partial charge in [0.15, 0.2) is 8.24 Å². The molecule has 0 radical (unpaired) electrons. The lowest BCUT2D eigenvalue weighted by Crippen LogP contribution is -2.51. The minimum atomic E-state index is -1.34. The first kappa shape index (κ1) is 8.78. The lowest BCUT2D eigenvalue weighted by Gasteiger charge is -2.37. The summed E-state index contributed by atoms with van der Waals surface area (Å²) in [5, 5.41) is 0. The van der Waals surface area contributed by atoms with Crippen LogP contribution < -0.4 is 0 Å². The molecule has 1 heterocycles. The van der Waals surface area contributed by atoms with Gasteiger partial charge in [0.2, 0.25) is 5.91 Å². The van der Waals surface area contributed by atoms with Gasteiger partial charge in [0, 0.05) is 13.0 Å². The average Bonchev–Trinajstić information content (AvgIpc) is 1.86. The van der Waals surface area contributed by atoms with E-state index in [0.717, 1.165) is 19.4 Å². The van der Waals surface area contributed by atoms with Gasteiger partial charge in [-0.2, -0.15) is 0 Å². The highest BCUT2D eigenvalue weighted by molar-refractivity contribution is 6.75. The van der Waals surface area contributed by atoms with Crippen molar-refractivity contribution in [2.75, 3.05) is 6.54 Å². The van der Waals surface area contributed by atoms with Gasteiger partial charge in [0.1, 0.15) is 0 Å². The molecule has 0 aliphatic carbocycles. The van der Waals surface area contributed by atoms with Crippen molar-refractivity contribution in [3.8, 4) is 0 Å². The smallest absolute Gasteiger partial charge is 0.214 e. The van der Waals surface area contributed by atoms with Crippen molar-refractivity contribution in [2.45, 2.75) is 38.9 Å². The molecule has 1 fully saturated rings. The molecular formula is C8H17NOSi. The monoisotopic (exact) mass is 171 g/mol. The van der Waals surface area contributed by atoms with E-state index in [1.165, 1.54) is 6.42 Å². The molecule has 0 atom stereocenters. The lowest BCUT2D eigenvalue weighted by molar-refractivity contribution is -0.128. The van der Waals surface area contributed by atoms with E-state index in [-0.39, 0.29) is 0 Å². The number of nitrogens with zero attached hydrogens (tertiary/aromatic N) is 1. The molecule has 0 spiro atoms. The first-order valence-corrected chi connectivity index (χ1v) is 7.77. The van der Waals surface area contributed by atoms with Crippen molar-refractivity contribution in [2.24, 2.45) is 0 Å². The molecule has 64 valence electrons. The number of carbonyl (C=O) groups excluding carboxylic acids is 1. The fourth-order valence-corrected chi connectivity index (χ4v) is 3.20. The van der Waals surface area contributed by atoms with Gasteiger partial charge in [-0.25, -0.2) is 0 Å². The zero-order valence-electron chi connectivity index (χ0n) is 7.68. The lowest BCUT2D eigenvalue weighted by atomic mass is 10.2. The Balaban J connectivity index is 2.62. The average molecular weight is 171 g/mol. The van der Waals surface area contributed by atoms with Crippen molar-refractivity contribution in [1.29, 1.82) is 0 Å². The molecule has 0 unspecified atom stereocenters. The summed E-state index contributed by atoms with van der Waals surface area (Å²) in [6, 6.07) is 0. The van der Waals surface area contributed by atoms with E-state index < -0.39 is 8.24 Å². The fourth-order valence-electron chi connectivity index (χ4n) is 1.52. The van der Waals surface area contributed by atoms with Crippen LogP contribution in [0.3, 0.4) is 0 Å². The molecule has 0 aromatic heterocycles. The Morgan fingerprint density at radius 2 is 1.91 bits per heavy atom. The molecule has 11 heavy (non-hydrogen) atoms. The Labute approximate surface area is 69.7 Å². The third kappa shape index (κ3) is 2.06. The topological polar surface area (TPSA) is 20.3 Å². The fraction of sp³-hybridized carbons (Fsp3) is 0.875. The van der Waals surface area contributed by atoms with E-state index in [9.17, 15) is 4.79 Å². The Bertz CT molecular complexity index is 162. The minimum absolute atomic E-state index is 0.385. The van der Waals surface area contributed by atoms with Crippen molar-refractivity contribution >= 4 is 14.1 Å². The third-order valence-electron chi connectivity index (χ3n) is 2.13. The maximum absolute atomic E-state index is 11.4. The van der Waals surface area contributed by atoms with E-state index in [4.69, 9.17) is 0 Å². The molecule has 1 rings (SSSR count). The summed E-state index contributed by atoms with van der Waals surface area (Å²) >= 11 is 0. The highest BCUT2D eigenvalue weighted by atomic mass is 28.3. The Morgan fingerprint density at radius 1 is 1.27 bits per heavy atom. The van der Waals surface area contributed by atoms with E-state index in [2.05, 4.69) is 24.2 Å². The Morgan fingerprint density at radius 3 is 2.27 bits per heavy atom. The SMILES string of the molecule is C[Si](C)(C)N1CCCCC1=O. The molecule has 0 aromatic rings. The van der Waals surface area contributed by atoms with Crippen LogP contribution in [-0.4, -0.2) is 25.3 Å². The van der Waals surface area contributed by atoms with Gasteiger partial charge in [-0.15, -0.1) is 0 Å². The van der Waals surface area contributed by atoms with Crippen molar-refractivity contribution in [1.82, 2.24) is 4.57 Å². The molecule has 2 nitrogen and oxygen atoms in total. The first-order valence-electron chi connectivity index (χ1n) is 4.32. The second-order valence-electron chi connectivity index (χ2n) is 4.17. The van der Waals surface area contributed by atoms with Gasteiger partial charge in [0.25, 0.3) is 0 Å². The summed E-state index contributed by atoms with van der Waals surface area (Å²) in [6.07, 6.45) is 3.08. The molecule has 1 aliphatic rings. The van der Waals surface area contributed by atoms with Crippen LogP contribution in [0.1, 0.15) is 19.3 Å². The predicted molar refractivity (Wildman–Crippen MR) is 48.9 cm³/mol. The molecule has 1 amide bonds. The number of hydrogen-bond donors (Lipinski definition) is 0. The van der Waals surface area contributed by atoms with Gasteiger partial charge in [-0.05, 0) is 12.8 Å². The molecule has 1 aliphatic heterocycles. The Kier molecular flexibility index (Phi) is 2.37. The standard InChI is InChI=1S/C8H17NOSi/c1-11(2,3)9-7-5-4-6-8(9)10/h4-7H2,1-3H3. The van der Waals surface area contributed by atoms with Crippen LogP contribution in [0.5, 0.6) is 0 Å². The number of hydrogen-bond acceptors (Lipinski definition) is 1. The molecule has 0 aromatic carbocycles. The molecule has 0 bridgehead atoms. The van der Waals surface area contributed by atoms with Crippen LogP contribution in [0.25, 0.3) is 0 Å². The quantitative estimate of drug-likeness (QED) is 0.551. The summed E-state index contributed by atoms with van der Waals surface area (Å²) in [7, 11) is -1.34. The second kappa shape index (κ2) is 2.97. The van der Waals surface area contributed by atoms with Gasteiger partial charge in [-0.3, -0.25) is 4.79 Å². The van der Waals surface area contributed by atoms with Crippen LogP contribution in [-0.2, 0) is 4.79 Å². The van der Waals surface area contributed by atoms with Crippen LogP contribution in [0.4, 0.5) is 0 Å². The summed E-state index contributed by atoms with van der Waals surface area (Å²) in [6.45, 7) is 7.71. The number of rotatable bonds is 1. The summed E-state index contributed by atoms with van der Waals surface area (Å²) < 4.78 is 2.12. The number of carbonyl (C=O) groups is 1. The van der Waals surface area contributed by atoms with Crippen LogP contribution >= 0.6 is 0 Å². The van der Waals surface area contributed by atoms with Crippen molar-refractivity contribution < 1.29 is 4.79 Å². The van der Waals surface area contributed by atoms with Crippen molar-refractivity contribution in [3.63, 3.8) is 0 Å². The summed E-state index contributed by atoms with van der Waals surface area (Å²) in [4.78, 5) is 11.4. The van der Waals surface area contributed by atoms with Gasteiger partial charge < -0.3 is 4.57 Å². The van der Waals surface area contributed by atoms with E-state index in [1.54, 1.807) is 0 Å². The highest BCUT2D eigenvalue weighted by Crippen LogP contribution is 2.17. The third-order valence-corrected chi connectivity index (χ3v) is 4.23. The van der Waals surface area contributed by atoms with Crippen LogP contribution in [0.2, 0.25) is 19.6 Å². The summed E-state index contributed by atoms with van der Waals surface area (Å²) in [5.74, 6) is 0.385. The zero-order valence-corrected chi connectivity index (χ0v) is 8.68. The second-order valence-corrected chi connectivity index (χ2v) is 9.05. The first-order chi connectivity index (χ1) is 5.02. The van der Waals surface area contributed by atoms with E-state index in [0.29, 0.717) is 5.91 Å². The molecular weight excluding hydrogens is 154 g/mol. The normalized spacial score (nSPS) is 20.6. The van der Waals surface area contributed by atoms with Crippen LogP contribution in [0.15, 0.2) is 0 Å². The van der Waals surface area contributed by atoms with Crippen LogP contribution in [0, 0.1) is 0 Å². The minimum Gasteiger partial charge on any atom is -0.370 e. The number of piperidine rings is 1. The molecule has 3 heteroatoms. The van der Waals surface area contributed by atoms with Gasteiger partial charge >= 0.3 is 0 Å². The van der Waals surface area contributed by atoms with Gasteiger partial charge in [-0.1, -0.05) is 19.6 Å².